The fraction of sp³-hybridized carbons (Fsp3) is 0.909. The predicted octanol–water partition coefficient (Wildman–Crippen LogP) is 3.95. The predicted molar refractivity (Wildman–Crippen MR) is 135 cm³/mol. The van der Waals surface area contributed by atoms with E-state index in [9.17, 15) is 9.90 Å². The van der Waals surface area contributed by atoms with Crippen LogP contribution in [0.3, 0.4) is 0 Å². The minimum absolute atomic E-state index is 0. The summed E-state index contributed by atoms with van der Waals surface area (Å²) >= 11 is 0. The first-order valence-corrected chi connectivity index (χ1v) is 11.2. The number of rotatable bonds is 8. The average molecular weight is 541 g/mol. The van der Waals surface area contributed by atoms with Gasteiger partial charge < -0.3 is 25.0 Å². The zero-order valence-corrected chi connectivity index (χ0v) is 22.5. The molecule has 1 aliphatic rings. The summed E-state index contributed by atoms with van der Waals surface area (Å²) in [6, 6.07) is 0. The molecule has 1 rings (SSSR count). The van der Waals surface area contributed by atoms with Gasteiger partial charge in [0, 0.05) is 38.1 Å². The van der Waals surface area contributed by atoms with Gasteiger partial charge in [0.25, 0.3) is 0 Å². The van der Waals surface area contributed by atoms with E-state index in [-0.39, 0.29) is 42.1 Å². The lowest BCUT2D eigenvalue weighted by atomic mass is 9.89. The quantitative estimate of drug-likeness (QED) is 0.277. The monoisotopic (exact) mass is 540 g/mol. The number of carbonyl (C=O) groups is 1. The fourth-order valence-electron chi connectivity index (χ4n) is 3.26. The van der Waals surface area contributed by atoms with Gasteiger partial charge in [0.05, 0.1) is 13.2 Å². The topological polar surface area (TPSA) is 77.4 Å². The van der Waals surface area contributed by atoms with Crippen LogP contribution < -0.4 is 5.32 Å². The number of hydrogen-bond acceptors (Lipinski definition) is 4. The Bertz CT molecular complexity index is 525. The van der Waals surface area contributed by atoms with E-state index in [2.05, 4.69) is 31.0 Å². The van der Waals surface area contributed by atoms with E-state index >= 15 is 0 Å². The number of hydrogen-bond donors (Lipinski definition) is 2. The standard InChI is InChI=1S/C22H44N4O3.HI/c1-8-22(7,17-27)16-24-19(23-9-2)26-13-11-18(12-14-26)15-25(10-3)20(28)29-21(4,5)6;/h18,27H,8-17H2,1-7H3,(H,23,24);1H. The van der Waals surface area contributed by atoms with Crippen LogP contribution in [0.5, 0.6) is 0 Å². The van der Waals surface area contributed by atoms with Crippen molar-refractivity contribution in [1.82, 2.24) is 15.1 Å². The normalized spacial score (nSPS) is 17.7. The van der Waals surface area contributed by atoms with Crippen molar-refractivity contribution in [2.75, 3.05) is 45.9 Å². The molecule has 8 heteroatoms. The molecule has 0 aromatic heterocycles. The zero-order chi connectivity index (χ0) is 22.1. The van der Waals surface area contributed by atoms with Gasteiger partial charge in [-0.25, -0.2) is 4.79 Å². The largest absolute Gasteiger partial charge is 0.444 e. The van der Waals surface area contributed by atoms with E-state index in [1.54, 1.807) is 0 Å². The lowest BCUT2D eigenvalue weighted by molar-refractivity contribution is 0.0214. The third kappa shape index (κ3) is 10.0. The van der Waals surface area contributed by atoms with Gasteiger partial charge in [-0.3, -0.25) is 4.99 Å². The Balaban J connectivity index is 0.00000841. The number of nitrogens with zero attached hydrogens (tertiary/aromatic N) is 3. The Hall–Kier alpha value is -0.770. The molecule has 7 nitrogen and oxygen atoms in total. The Kier molecular flexibility index (Phi) is 13.3. The number of guanidine groups is 1. The summed E-state index contributed by atoms with van der Waals surface area (Å²) in [6.45, 7) is 18.8. The number of aliphatic imine (C=N–C) groups is 1. The van der Waals surface area contributed by atoms with Crippen molar-refractivity contribution in [2.45, 2.75) is 73.3 Å². The highest BCUT2D eigenvalue weighted by Gasteiger charge is 2.28. The molecule has 0 aromatic rings. The van der Waals surface area contributed by atoms with E-state index in [4.69, 9.17) is 9.73 Å². The zero-order valence-electron chi connectivity index (χ0n) is 20.2. The van der Waals surface area contributed by atoms with Gasteiger partial charge in [-0.2, -0.15) is 0 Å². The van der Waals surface area contributed by atoms with Crippen molar-refractivity contribution in [2.24, 2.45) is 16.3 Å². The maximum atomic E-state index is 12.4. The maximum absolute atomic E-state index is 12.4. The van der Waals surface area contributed by atoms with Crippen LogP contribution in [0.2, 0.25) is 0 Å². The smallest absolute Gasteiger partial charge is 0.410 e. The van der Waals surface area contributed by atoms with Crippen LogP contribution in [-0.2, 0) is 4.74 Å². The molecule has 1 atom stereocenters. The van der Waals surface area contributed by atoms with Crippen molar-refractivity contribution in [3.63, 3.8) is 0 Å². The van der Waals surface area contributed by atoms with Gasteiger partial charge in [-0.1, -0.05) is 13.8 Å². The number of piperidine rings is 1. The number of likely N-dealkylation sites (tertiary alicyclic amines) is 1. The molecule has 0 aromatic carbocycles. The molecule has 2 N–H and O–H groups in total. The number of ether oxygens (including phenoxy) is 1. The highest BCUT2D eigenvalue weighted by Crippen LogP contribution is 2.22. The summed E-state index contributed by atoms with van der Waals surface area (Å²) < 4.78 is 5.54. The van der Waals surface area contributed by atoms with Gasteiger partial charge in [-0.15, -0.1) is 24.0 Å². The van der Waals surface area contributed by atoms with E-state index in [1.165, 1.54) is 0 Å². The highest BCUT2D eigenvalue weighted by molar-refractivity contribution is 14.0. The minimum atomic E-state index is -0.466. The van der Waals surface area contributed by atoms with Crippen LogP contribution in [0.4, 0.5) is 4.79 Å². The highest BCUT2D eigenvalue weighted by atomic mass is 127. The van der Waals surface area contributed by atoms with Gasteiger partial charge in [0.2, 0.25) is 0 Å². The molecule has 0 spiro atoms. The van der Waals surface area contributed by atoms with Gasteiger partial charge in [0.1, 0.15) is 5.60 Å². The van der Waals surface area contributed by atoms with Gasteiger partial charge in [0.15, 0.2) is 5.96 Å². The van der Waals surface area contributed by atoms with Crippen molar-refractivity contribution in [3.05, 3.63) is 0 Å². The lowest BCUT2D eigenvalue weighted by Gasteiger charge is -2.37. The summed E-state index contributed by atoms with van der Waals surface area (Å²) in [5.74, 6) is 1.40. The molecule has 178 valence electrons. The summed E-state index contributed by atoms with van der Waals surface area (Å²) in [4.78, 5) is 21.3. The molecular weight excluding hydrogens is 495 g/mol. The van der Waals surface area contributed by atoms with Crippen LogP contribution in [-0.4, -0.2) is 78.4 Å². The molecule has 1 unspecified atom stereocenters. The summed E-state index contributed by atoms with van der Waals surface area (Å²) in [6.07, 6.45) is 2.72. The van der Waals surface area contributed by atoms with Crippen LogP contribution in [0, 0.1) is 11.3 Å². The molecule has 30 heavy (non-hydrogen) atoms. The first kappa shape index (κ1) is 29.2. The molecule has 0 bridgehead atoms. The van der Waals surface area contributed by atoms with Crippen molar-refractivity contribution in [3.8, 4) is 0 Å². The molecule has 0 radical (unpaired) electrons. The summed E-state index contributed by atoms with van der Waals surface area (Å²) in [5.41, 5.74) is -0.638. The summed E-state index contributed by atoms with van der Waals surface area (Å²) in [7, 11) is 0. The first-order chi connectivity index (χ1) is 13.6. The second-order valence-electron chi connectivity index (χ2n) is 9.44. The molecule has 1 heterocycles. The molecule has 0 aliphatic carbocycles. The van der Waals surface area contributed by atoms with Crippen molar-refractivity contribution >= 4 is 36.0 Å². The fourth-order valence-corrected chi connectivity index (χ4v) is 3.26. The van der Waals surface area contributed by atoms with E-state index in [0.717, 1.165) is 51.4 Å². The number of halogens is 1. The number of carbonyl (C=O) groups excluding carboxylic acids is 1. The molecule has 0 saturated carbocycles. The third-order valence-corrected chi connectivity index (χ3v) is 5.61. The average Bonchev–Trinajstić information content (AvgIpc) is 2.68. The molecular formula is C22H45IN4O3. The number of amides is 1. The van der Waals surface area contributed by atoms with Gasteiger partial charge in [-0.05, 0) is 59.8 Å². The summed E-state index contributed by atoms with van der Waals surface area (Å²) in [5, 5.41) is 13.0. The van der Waals surface area contributed by atoms with E-state index < -0.39 is 5.60 Å². The Morgan fingerprint density at radius 3 is 2.23 bits per heavy atom. The minimum Gasteiger partial charge on any atom is -0.444 e. The Labute approximate surface area is 201 Å². The van der Waals surface area contributed by atoms with Gasteiger partial charge >= 0.3 is 6.09 Å². The van der Waals surface area contributed by atoms with Crippen molar-refractivity contribution < 1.29 is 14.6 Å². The maximum Gasteiger partial charge on any atom is 0.410 e. The van der Waals surface area contributed by atoms with Crippen molar-refractivity contribution in [1.29, 1.82) is 0 Å². The number of aliphatic hydroxyl groups is 1. The second-order valence-corrected chi connectivity index (χ2v) is 9.44. The molecule has 1 amide bonds. The van der Waals surface area contributed by atoms with Crippen LogP contribution in [0.15, 0.2) is 4.99 Å². The van der Waals surface area contributed by atoms with Crippen LogP contribution >= 0.6 is 24.0 Å². The SMILES string of the molecule is CCNC(=NCC(C)(CC)CO)N1CCC(CN(CC)C(=O)OC(C)(C)C)CC1.I. The Morgan fingerprint density at radius 2 is 1.80 bits per heavy atom. The third-order valence-electron chi connectivity index (χ3n) is 5.61. The first-order valence-electron chi connectivity index (χ1n) is 11.2. The number of aliphatic hydroxyl groups excluding tert-OH is 1. The van der Waals surface area contributed by atoms with E-state index in [0.29, 0.717) is 19.0 Å². The van der Waals surface area contributed by atoms with Crippen LogP contribution in [0.1, 0.15) is 67.7 Å². The number of nitrogens with one attached hydrogen (secondary N) is 1. The molecule has 1 saturated heterocycles. The molecule has 1 aliphatic heterocycles. The Morgan fingerprint density at radius 1 is 1.20 bits per heavy atom. The van der Waals surface area contributed by atoms with Crippen LogP contribution in [0.25, 0.3) is 0 Å². The molecule has 1 fully saturated rings. The lowest BCUT2D eigenvalue weighted by Crippen LogP contribution is -2.48. The second kappa shape index (κ2) is 13.6. The van der Waals surface area contributed by atoms with E-state index in [1.807, 2.05) is 32.6 Å².